The van der Waals surface area contributed by atoms with Crippen molar-refractivity contribution in [2.75, 3.05) is 11.9 Å². The maximum Gasteiger partial charge on any atom is 0.194 e. The highest BCUT2D eigenvalue weighted by Crippen LogP contribution is 2.19. The van der Waals surface area contributed by atoms with Crippen molar-refractivity contribution in [2.45, 2.75) is 32.1 Å². The molecule has 0 aliphatic heterocycles. The van der Waals surface area contributed by atoms with Crippen molar-refractivity contribution in [3.63, 3.8) is 0 Å². The van der Waals surface area contributed by atoms with Gasteiger partial charge in [0.15, 0.2) is 5.96 Å². The topological polar surface area (TPSA) is 63.3 Å². The highest BCUT2D eigenvalue weighted by Gasteiger charge is 2.02. The number of allylic oxidation sites excluding steroid dienone is 1. The summed E-state index contributed by atoms with van der Waals surface area (Å²) in [4.78, 5) is 8.45. The Kier molecular flexibility index (Phi) is 7.47. The molecular weight excluding hydrogens is 351 g/mol. The first-order valence-corrected chi connectivity index (χ1v) is 6.50. The van der Waals surface area contributed by atoms with Crippen LogP contribution >= 0.6 is 24.0 Å². The van der Waals surface area contributed by atoms with Gasteiger partial charge in [-0.2, -0.15) is 0 Å². The van der Waals surface area contributed by atoms with Crippen molar-refractivity contribution in [2.24, 2.45) is 10.7 Å². The molecule has 4 nitrogen and oxygen atoms in total. The zero-order valence-electron chi connectivity index (χ0n) is 11.0. The summed E-state index contributed by atoms with van der Waals surface area (Å²) in [6.45, 7) is 0.748. The summed E-state index contributed by atoms with van der Waals surface area (Å²) in [7, 11) is 0. The normalized spacial score (nSPS) is 15.4. The van der Waals surface area contributed by atoms with Crippen molar-refractivity contribution in [1.29, 1.82) is 0 Å². The quantitative estimate of drug-likeness (QED) is 0.369. The number of nitrogens with one attached hydrogen (secondary N) is 1. The monoisotopic (exact) mass is 372 g/mol. The van der Waals surface area contributed by atoms with Crippen LogP contribution in [-0.2, 0) is 0 Å². The molecule has 0 saturated carbocycles. The Hall–Kier alpha value is -1.11. The molecule has 0 spiro atoms. The molecule has 2 rings (SSSR count). The van der Waals surface area contributed by atoms with Gasteiger partial charge in [0.1, 0.15) is 5.82 Å². The third-order valence-electron chi connectivity index (χ3n) is 3.02. The summed E-state index contributed by atoms with van der Waals surface area (Å²) >= 11 is 0. The number of hydrogen-bond acceptors (Lipinski definition) is 2. The van der Waals surface area contributed by atoms with E-state index >= 15 is 0 Å². The maximum absolute atomic E-state index is 5.80. The van der Waals surface area contributed by atoms with E-state index < -0.39 is 0 Å². The molecule has 19 heavy (non-hydrogen) atoms. The van der Waals surface area contributed by atoms with Gasteiger partial charge in [-0.25, -0.2) is 4.98 Å². The number of nitrogens with two attached hydrogens (primary N) is 1. The first kappa shape index (κ1) is 15.9. The number of aromatic nitrogens is 1. The fourth-order valence-electron chi connectivity index (χ4n) is 2.06. The number of halogens is 1. The van der Waals surface area contributed by atoms with E-state index in [0.29, 0.717) is 5.96 Å². The van der Waals surface area contributed by atoms with Crippen LogP contribution in [0.25, 0.3) is 0 Å². The molecule has 104 valence electrons. The first-order valence-electron chi connectivity index (χ1n) is 6.50. The van der Waals surface area contributed by atoms with Crippen LogP contribution in [0.3, 0.4) is 0 Å². The predicted molar refractivity (Wildman–Crippen MR) is 90.9 cm³/mol. The lowest BCUT2D eigenvalue weighted by molar-refractivity contribution is 0.676. The number of aliphatic imine (C=N–C) groups is 1. The average molecular weight is 372 g/mol. The summed E-state index contributed by atoms with van der Waals surface area (Å²) in [5.41, 5.74) is 7.32. The summed E-state index contributed by atoms with van der Waals surface area (Å²) in [5, 5.41) is 2.98. The highest BCUT2D eigenvalue weighted by molar-refractivity contribution is 14.0. The van der Waals surface area contributed by atoms with Crippen LogP contribution in [0.5, 0.6) is 0 Å². The van der Waals surface area contributed by atoms with Crippen molar-refractivity contribution in [3.8, 4) is 0 Å². The Bertz CT molecular complexity index is 428. The Balaban J connectivity index is 0.00000180. The number of nitrogens with zero attached hydrogens (tertiary/aromatic N) is 2. The summed E-state index contributed by atoms with van der Waals surface area (Å²) in [6, 6.07) is 5.65. The van der Waals surface area contributed by atoms with Crippen molar-refractivity contribution >= 4 is 35.8 Å². The minimum Gasteiger partial charge on any atom is -0.370 e. The van der Waals surface area contributed by atoms with Crippen LogP contribution in [0.1, 0.15) is 32.1 Å². The zero-order valence-corrected chi connectivity index (χ0v) is 13.3. The highest BCUT2D eigenvalue weighted by atomic mass is 127. The minimum atomic E-state index is 0. The van der Waals surface area contributed by atoms with Gasteiger partial charge >= 0.3 is 0 Å². The van der Waals surface area contributed by atoms with Crippen LogP contribution in [0.2, 0.25) is 0 Å². The van der Waals surface area contributed by atoms with E-state index in [1.807, 2.05) is 18.2 Å². The van der Waals surface area contributed by atoms with E-state index in [2.05, 4.69) is 21.4 Å². The summed E-state index contributed by atoms with van der Waals surface area (Å²) in [6.07, 6.45) is 10.2. The van der Waals surface area contributed by atoms with Crippen LogP contribution in [0, 0.1) is 0 Å². The molecule has 1 aliphatic rings. The molecule has 0 amide bonds. The number of pyridine rings is 1. The molecule has 0 radical (unpaired) electrons. The lowest BCUT2D eigenvalue weighted by Crippen LogP contribution is -2.23. The van der Waals surface area contributed by atoms with Crippen molar-refractivity contribution in [1.82, 2.24) is 4.98 Å². The lowest BCUT2D eigenvalue weighted by Gasteiger charge is -2.11. The second-order valence-electron chi connectivity index (χ2n) is 4.47. The number of guanidine groups is 1. The second kappa shape index (κ2) is 8.90. The number of anilines is 1. The molecule has 1 aromatic rings. The van der Waals surface area contributed by atoms with Gasteiger partial charge < -0.3 is 11.1 Å². The zero-order chi connectivity index (χ0) is 12.6. The average Bonchev–Trinajstić information content (AvgIpc) is 2.41. The molecule has 5 heteroatoms. The Morgan fingerprint density at radius 3 is 2.95 bits per heavy atom. The van der Waals surface area contributed by atoms with Gasteiger partial charge in [-0.05, 0) is 44.2 Å². The van der Waals surface area contributed by atoms with Gasteiger partial charge in [-0.1, -0.05) is 17.7 Å². The van der Waals surface area contributed by atoms with Crippen LogP contribution in [0.15, 0.2) is 41.0 Å². The standard InChI is InChI=1S/C14H20N4.HI/c15-14(18-13-8-4-5-10-16-13)17-11-9-12-6-2-1-3-7-12;/h4-6,8,10H,1-3,7,9,11H2,(H3,15,16,17,18);1H. The van der Waals surface area contributed by atoms with E-state index in [1.54, 1.807) is 6.20 Å². The van der Waals surface area contributed by atoms with Crippen molar-refractivity contribution < 1.29 is 0 Å². The van der Waals surface area contributed by atoms with E-state index in [9.17, 15) is 0 Å². The molecule has 1 aliphatic carbocycles. The fraction of sp³-hybridized carbons (Fsp3) is 0.429. The van der Waals surface area contributed by atoms with E-state index in [1.165, 1.54) is 31.3 Å². The molecule has 0 bridgehead atoms. The molecule has 1 aromatic heterocycles. The van der Waals surface area contributed by atoms with Gasteiger partial charge in [0, 0.05) is 12.7 Å². The Labute approximate surface area is 131 Å². The first-order chi connectivity index (χ1) is 8.84. The van der Waals surface area contributed by atoms with Gasteiger partial charge in [0.2, 0.25) is 0 Å². The predicted octanol–water partition coefficient (Wildman–Crippen LogP) is 3.32. The van der Waals surface area contributed by atoms with E-state index in [4.69, 9.17) is 5.73 Å². The second-order valence-corrected chi connectivity index (χ2v) is 4.47. The molecule has 1 heterocycles. The lowest BCUT2D eigenvalue weighted by atomic mass is 9.97. The third kappa shape index (κ3) is 6.04. The molecular formula is C14H21IN4. The molecule has 0 unspecified atom stereocenters. The van der Waals surface area contributed by atoms with Gasteiger partial charge in [-0.15, -0.1) is 24.0 Å². The smallest absolute Gasteiger partial charge is 0.194 e. The summed E-state index contributed by atoms with van der Waals surface area (Å²) in [5.74, 6) is 1.17. The minimum absolute atomic E-state index is 0. The molecule has 0 atom stereocenters. The fourth-order valence-corrected chi connectivity index (χ4v) is 2.06. The number of hydrogen-bond donors (Lipinski definition) is 2. The summed E-state index contributed by atoms with van der Waals surface area (Å²) < 4.78 is 0. The molecule has 0 saturated heterocycles. The van der Waals surface area contributed by atoms with Gasteiger partial charge in [0.05, 0.1) is 0 Å². The molecule has 3 N–H and O–H groups in total. The Morgan fingerprint density at radius 2 is 2.26 bits per heavy atom. The van der Waals surface area contributed by atoms with Gasteiger partial charge in [-0.3, -0.25) is 4.99 Å². The maximum atomic E-state index is 5.80. The van der Waals surface area contributed by atoms with E-state index in [-0.39, 0.29) is 24.0 Å². The van der Waals surface area contributed by atoms with Crippen LogP contribution < -0.4 is 11.1 Å². The van der Waals surface area contributed by atoms with Gasteiger partial charge in [0.25, 0.3) is 0 Å². The number of rotatable bonds is 4. The largest absolute Gasteiger partial charge is 0.370 e. The van der Waals surface area contributed by atoms with Crippen LogP contribution in [-0.4, -0.2) is 17.5 Å². The molecule has 0 fully saturated rings. The van der Waals surface area contributed by atoms with E-state index in [0.717, 1.165) is 18.8 Å². The van der Waals surface area contributed by atoms with Crippen molar-refractivity contribution in [3.05, 3.63) is 36.0 Å². The van der Waals surface area contributed by atoms with Crippen LogP contribution in [0.4, 0.5) is 5.82 Å². The molecule has 0 aromatic carbocycles. The Morgan fingerprint density at radius 1 is 1.37 bits per heavy atom. The SMILES string of the molecule is I.NC(=NCCC1=CCCCC1)Nc1ccccn1. The third-order valence-corrected chi connectivity index (χ3v) is 3.02.